The average Bonchev–Trinajstić information content (AvgIpc) is 3.21. The van der Waals surface area contributed by atoms with Gasteiger partial charge in [0.05, 0.1) is 14.2 Å². The number of ether oxygens (including phenoxy) is 3. The van der Waals surface area contributed by atoms with E-state index in [0.717, 1.165) is 0 Å². The third-order valence-corrected chi connectivity index (χ3v) is 4.58. The van der Waals surface area contributed by atoms with Crippen LogP contribution in [0.15, 0.2) is 36.4 Å². The molecule has 0 spiro atoms. The summed E-state index contributed by atoms with van der Waals surface area (Å²) in [6.45, 7) is 0.317. The predicted octanol–water partition coefficient (Wildman–Crippen LogP) is 3.50. The minimum Gasteiger partial charge on any atom is -0.494 e. The molecule has 0 bridgehead atoms. The maximum Gasteiger partial charge on any atom is 0.422 e. The Morgan fingerprint density at radius 1 is 1.06 bits per heavy atom. The molecule has 0 saturated carbocycles. The first-order valence-electron chi connectivity index (χ1n) is 9.80. The summed E-state index contributed by atoms with van der Waals surface area (Å²) < 4.78 is 53.9. The number of hydrogen-bond acceptors (Lipinski definition) is 7. The number of hydrogen-bond donors (Lipinski definition) is 1. The van der Waals surface area contributed by atoms with Crippen molar-refractivity contribution in [3.05, 3.63) is 47.8 Å². The number of halogens is 3. The largest absolute Gasteiger partial charge is 0.494 e. The molecule has 0 aliphatic heterocycles. The molecule has 0 aliphatic carbocycles. The lowest BCUT2D eigenvalue weighted by molar-refractivity contribution is -0.153. The van der Waals surface area contributed by atoms with Crippen LogP contribution in [0.1, 0.15) is 17.8 Å². The highest BCUT2D eigenvalue weighted by molar-refractivity contribution is 5.91. The zero-order chi connectivity index (χ0) is 24.0. The van der Waals surface area contributed by atoms with Gasteiger partial charge in [-0.2, -0.15) is 17.9 Å². The Bertz CT molecular complexity index is 1120. The number of methoxy groups -OCH3 is 2. The monoisotopic (exact) mass is 465 g/mol. The zero-order valence-electron chi connectivity index (χ0n) is 18.1. The Morgan fingerprint density at radius 3 is 2.42 bits per heavy atom. The van der Waals surface area contributed by atoms with Crippen LogP contribution in [0.4, 0.5) is 18.9 Å². The zero-order valence-corrected chi connectivity index (χ0v) is 18.1. The van der Waals surface area contributed by atoms with E-state index in [-0.39, 0.29) is 23.8 Å². The molecule has 0 aliphatic rings. The second-order valence-electron chi connectivity index (χ2n) is 6.96. The molecule has 9 nitrogen and oxygen atoms in total. The number of nitrogens with one attached hydrogen (secondary N) is 1. The van der Waals surface area contributed by atoms with Crippen molar-refractivity contribution < 1.29 is 32.2 Å². The summed E-state index contributed by atoms with van der Waals surface area (Å²) in [5, 5.41) is 14.2. The highest BCUT2D eigenvalue weighted by Gasteiger charge is 2.29. The number of anilines is 1. The van der Waals surface area contributed by atoms with Crippen molar-refractivity contribution in [2.75, 3.05) is 26.1 Å². The van der Waals surface area contributed by atoms with Crippen molar-refractivity contribution >= 4 is 11.6 Å². The molecule has 1 aromatic heterocycles. The fourth-order valence-electron chi connectivity index (χ4n) is 3.02. The lowest BCUT2D eigenvalue weighted by Gasteiger charge is -2.14. The van der Waals surface area contributed by atoms with Gasteiger partial charge in [0.1, 0.15) is 11.4 Å². The van der Waals surface area contributed by atoms with E-state index in [0.29, 0.717) is 34.9 Å². The molecule has 33 heavy (non-hydrogen) atoms. The van der Waals surface area contributed by atoms with E-state index in [2.05, 4.69) is 20.8 Å². The Balaban J connectivity index is 1.64. The fourth-order valence-corrected chi connectivity index (χ4v) is 3.02. The Morgan fingerprint density at radius 2 is 1.79 bits per heavy atom. The lowest BCUT2D eigenvalue weighted by atomic mass is 10.1. The molecule has 1 amide bonds. The number of alkyl halides is 3. The van der Waals surface area contributed by atoms with Crippen molar-refractivity contribution in [1.82, 2.24) is 20.2 Å². The van der Waals surface area contributed by atoms with E-state index < -0.39 is 12.8 Å². The molecule has 1 heterocycles. The number of tetrazole rings is 1. The summed E-state index contributed by atoms with van der Waals surface area (Å²) in [4.78, 5) is 12.5. The topological polar surface area (TPSA) is 100 Å². The van der Waals surface area contributed by atoms with Crippen molar-refractivity contribution in [1.29, 1.82) is 0 Å². The SMILES string of the molecule is COc1cc(CCC(=O)Nc2ccc(OC)c(-n3nnnc3C)c2)ccc1OCC(F)(F)F. The molecule has 0 saturated heterocycles. The smallest absolute Gasteiger partial charge is 0.422 e. The van der Waals surface area contributed by atoms with Gasteiger partial charge in [0, 0.05) is 12.1 Å². The summed E-state index contributed by atoms with van der Waals surface area (Å²) in [5.41, 5.74) is 1.80. The van der Waals surface area contributed by atoms with Crippen LogP contribution in [0.3, 0.4) is 0 Å². The van der Waals surface area contributed by atoms with Crippen LogP contribution < -0.4 is 19.5 Å². The normalized spacial score (nSPS) is 11.2. The van der Waals surface area contributed by atoms with Crippen molar-refractivity contribution in [3.63, 3.8) is 0 Å². The van der Waals surface area contributed by atoms with Crippen LogP contribution in [0.25, 0.3) is 5.69 Å². The number of aromatic nitrogens is 4. The van der Waals surface area contributed by atoms with Crippen LogP contribution in [-0.4, -0.2) is 53.1 Å². The quantitative estimate of drug-likeness (QED) is 0.516. The highest BCUT2D eigenvalue weighted by atomic mass is 19.4. The standard InChI is InChI=1S/C21H22F3N5O4/c1-13-26-27-28-29(13)16-11-15(6-8-17(16)31-2)25-20(30)9-5-14-4-7-18(19(10-14)32-3)33-12-21(22,23)24/h4,6-8,10-11H,5,9,12H2,1-3H3,(H,25,30). The van der Waals surface area contributed by atoms with Gasteiger partial charge in [-0.25, -0.2) is 0 Å². The number of benzene rings is 2. The highest BCUT2D eigenvalue weighted by Crippen LogP contribution is 2.30. The first kappa shape index (κ1) is 23.8. The van der Waals surface area contributed by atoms with E-state index >= 15 is 0 Å². The van der Waals surface area contributed by atoms with Gasteiger partial charge in [-0.05, 0) is 59.7 Å². The molecular formula is C21H22F3N5O4. The molecule has 0 fully saturated rings. The van der Waals surface area contributed by atoms with Gasteiger partial charge in [-0.3, -0.25) is 4.79 Å². The van der Waals surface area contributed by atoms with Crippen LogP contribution in [0.5, 0.6) is 17.2 Å². The molecule has 176 valence electrons. The van der Waals surface area contributed by atoms with Gasteiger partial charge in [0.2, 0.25) is 5.91 Å². The van der Waals surface area contributed by atoms with Crippen molar-refractivity contribution in [3.8, 4) is 22.9 Å². The fraction of sp³-hybridized carbons (Fsp3) is 0.333. The number of carbonyl (C=O) groups excluding carboxylic acids is 1. The van der Waals surface area contributed by atoms with Crippen LogP contribution in [-0.2, 0) is 11.2 Å². The summed E-state index contributed by atoms with van der Waals surface area (Å²) >= 11 is 0. The third-order valence-electron chi connectivity index (χ3n) is 4.58. The van der Waals surface area contributed by atoms with Gasteiger partial charge in [0.25, 0.3) is 0 Å². The second-order valence-corrected chi connectivity index (χ2v) is 6.96. The van der Waals surface area contributed by atoms with Gasteiger partial charge in [0.15, 0.2) is 23.9 Å². The lowest BCUT2D eigenvalue weighted by Crippen LogP contribution is -2.19. The molecule has 12 heteroatoms. The van der Waals surface area contributed by atoms with Crippen molar-refractivity contribution in [2.45, 2.75) is 25.9 Å². The van der Waals surface area contributed by atoms with E-state index in [1.807, 2.05) is 0 Å². The van der Waals surface area contributed by atoms with E-state index in [1.54, 1.807) is 37.3 Å². The summed E-state index contributed by atoms with van der Waals surface area (Å²) in [5.74, 6) is 0.966. The molecule has 0 radical (unpaired) electrons. The van der Waals surface area contributed by atoms with Crippen LogP contribution >= 0.6 is 0 Å². The average molecular weight is 465 g/mol. The second kappa shape index (κ2) is 10.2. The molecule has 3 rings (SSSR count). The first-order valence-corrected chi connectivity index (χ1v) is 9.80. The molecule has 0 atom stereocenters. The number of aryl methyl sites for hydroxylation is 2. The predicted molar refractivity (Wildman–Crippen MR) is 112 cm³/mol. The maximum absolute atomic E-state index is 12.5. The van der Waals surface area contributed by atoms with Crippen LogP contribution in [0, 0.1) is 6.92 Å². The van der Waals surface area contributed by atoms with Gasteiger partial charge < -0.3 is 19.5 Å². The number of amides is 1. The van der Waals surface area contributed by atoms with Gasteiger partial charge in [-0.15, -0.1) is 5.10 Å². The molecule has 1 N–H and O–H groups in total. The summed E-state index contributed by atoms with van der Waals surface area (Å²) in [6, 6.07) is 9.60. The number of rotatable bonds is 9. The molecule has 0 unspecified atom stereocenters. The van der Waals surface area contributed by atoms with Gasteiger partial charge >= 0.3 is 6.18 Å². The molecular weight excluding hydrogens is 443 g/mol. The number of nitrogens with zero attached hydrogens (tertiary/aromatic N) is 4. The van der Waals surface area contributed by atoms with Crippen LogP contribution in [0.2, 0.25) is 0 Å². The first-order chi connectivity index (χ1) is 15.7. The summed E-state index contributed by atoms with van der Waals surface area (Å²) in [6.07, 6.45) is -3.97. The Hall–Kier alpha value is -3.83. The van der Waals surface area contributed by atoms with Crippen molar-refractivity contribution in [2.24, 2.45) is 0 Å². The van der Waals surface area contributed by atoms with E-state index in [9.17, 15) is 18.0 Å². The minimum atomic E-state index is -4.45. The third kappa shape index (κ3) is 6.34. The molecule has 2 aromatic carbocycles. The minimum absolute atomic E-state index is 0.0216. The number of carbonyl (C=O) groups is 1. The Kier molecular flexibility index (Phi) is 7.36. The van der Waals surface area contributed by atoms with E-state index in [4.69, 9.17) is 14.2 Å². The van der Waals surface area contributed by atoms with Gasteiger partial charge in [-0.1, -0.05) is 6.07 Å². The Labute approximate surface area is 187 Å². The molecule has 3 aromatic rings. The summed E-state index contributed by atoms with van der Waals surface area (Å²) in [7, 11) is 2.85. The maximum atomic E-state index is 12.5. The van der Waals surface area contributed by atoms with E-state index in [1.165, 1.54) is 25.0 Å².